The molecule has 0 radical (unpaired) electrons. The van der Waals surface area contributed by atoms with Crippen molar-refractivity contribution >= 4 is 23.2 Å². The lowest BCUT2D eigenvalue weighted by Crippen LogP contribution is -2.60. The fourth-order valence-corrected chi connectivity index (χ4v) is 2.89. The Kier molecular flexibility index (Phi) is 3.38. The lowest BCUT2D eigenvalue weighted by atomic mass is 10.0. The fourth-order valence-electron chi connectivity index (χ4n) is 2.69. The Bertz CT molecular complexity index is 697. The average molecular weight is 301 g/mol. The molecule has 2 aromatic rings. The zero-order chi connectivity index (χ0) is 15.0. The van der Waals surface area contributed by atoms with Crippen LogP contribution in [0.2, 0.25) is 5.02 Å². The van der Waals surface area contributed by atoms with Gasteiger partial charge in [0.25, 0.3) is 5.91 Å². The Morgan fingerprint density at radius 1 is 1.10 bits per heavy atom. The van der Waals surface area contributed by atoms with Gasteiger partial charge in [-0.15, -0.1) is 0 Å². The summed E-state index contributed by atoms with van der Waals surface area (Å²) in [5.41, 5.74) is 2.21. The van der Waals surface area contributed by atoms with Crippen molar-refractivity contribution in [3.63, 3.8) is 0 Å². The van der Waals surface area contributed by atoms with Crippen LogP contribution < -0.4 is 10.2 Å². The van der Waals surface area contributed by atoms with Crippen LogP contribution in [0.3, 0.4) is 0 Å². The number of para-hydroxylation sites is 1. The molecule has 21 heavy (non-hydrogen) atoms. The monoisotopic (exact) mass is 300 g/mol. The van der Waals surface area contributed by atoms with E-state index in [1.165, 1.54) is 0 Å². The lowest BCUT2D eigenvalue weighted by molar-refractivity contribution is 0.0897. The molecule has 3 rings (SSSR count). The molecule has 0 bridgehead atoms. The molecule has 1 N–H and O–H groups in total. The standard InChI is InChI=1S/C17H17ClN2O/c1-17(2)19-16(21)13-8-4-6-10-15(13)20(17)11-12-7-3-5-9-14(12)18/h3-10H,11H2,1-2H3,(H,19,21). The molecule has 0 aliphatic carbocycles. The number of carbonyl (C=O) groups is 1. The largest absolute Gasteiger partial charge is 0.344 e. The molecule has 0 spiro atoms. The van der Waals surface area contributed by atoms with Crippen LogP contribution in [0.4, 0.5) is 5.69 Å². The highest BCUT2D eigenvalue weighted by atomic mass is 35.5. The third kappa shape index (κ3) is 2.49. The van der Waals surface area contributed by atoms with Gasteiger partial charge in [-0.2, -0.15) is 0 Å². The summed E-state index contributed by atoms with van der Waals surface area (Å²) < 4.78 is 0. The molecular weight excluding hydrogens is 284 g/mol. The van der Waals surface area contributed by atoms with Crippen LogP contribution in [-0.4, -0.2) is 11.6 Å². The van der Waals surface area contributed by atoms with E-state index in [0.29, 0.717) is 12.1 Å². The smallest absolute Gasteiger partial charge is 0.255 e. The number of rotatable bonds is 2. The first kappa shape index (κ1) is 14.0. The number of amides is 1. The maximum absolute atomic E-state index is 12.2. The van der Waals surface area contributed by atoms with Gasteiger partial charge < -0.3 is 10.2 Å². The normalized spacial score (nSPS) is 16.3. The van der Waals surface area contributed by atoms with Gasteiger partial charge >= 0.3 is 0 Å². The van der Waals surface area contributed by atoms with Crippen LogP contribution in [0.15, 0.2) is 48.5 Å². The highest BCUT2D eigenvalue weighted by Crippen LogP contribution is 2.33. The molecule has 0 fully saturated rings. The number of hydrogen-bond donors (Lipinski definition) is 1. The van der Waals surface area contributed by atoms with Crippen molar-refractivity contribution in [2.75, 3.05) is 4.90 Å². The highest BCUT2D eigenvalue weighted by molar-refractivity contribution is 6.31. The van der Waals surface area contributed by atoms with Gasteiger partial charge in [-0.05, 0) is 37.6 Å². The third-order valence-corrected chi connectivity index (χ3v) is 4.19. The second-order valence-corrected chi connectivity index (χ2v) is 6.12. The fraction of sp³-hybridized carbons (Fsp3) is 0.235. The summed E-state index contributed by atoms with van der Waals surface area (Å²) in [6.07, 6.45) is 0. The number of nitrogens with one attached hydrogen (secondary N) is 1. The molecular formula is C17H17ClN2O. The summed E-state index contributed by atoms with van der Waals surface area (Å²) in [6.45, 7) is 4.64. The minimum atomic E-state index is -0.468. The van der Waals surface area contributed by atoms with Gasteiger partial charge in [0, 0.05) is 11.6 Å². The van der Waals surface area contributed by atoms with E-state index in [9.17, 15) is 4.79 Å². The van der Waals surface area contributed by atoms with Crippen molar-refractivity contribution in [1.29, 1.82) is 0 Å². The quantitative estimate of drug-likeness (QED) is 0.914. The first-order chi connectivity index (χ1) is 9.99. The van der Waals surface area contributed by atoms with Crippen molar-refractivity contribution < 1.29 is 4.79 Å². The molecule has 2 aromatic carbocycles. The van der Waals surface area contributed by atoms with Crippen LogP contribution in [0.1, 0.15) is 29.8 Å². The number of anilines is 1. The van der Waals surface area contributed by atoms with Gasteiger partial charge in [-0.1, -0.05) is 41.9 Å². The second kappa shape index (κ2) is 5.08. The van der Waals surface area contributed by atoms with Crippen LogP contribution in [0.5, 0.6) is 0 Å². The summed E-state index contributed by atoms with van der Waals surface area (Å²) >= 11 is 6.28. The second-order valence-electron chi connectivity index (χ2n) is 5.71. The first-order valence-corrected chi connectivity index (χ1v) is 7.29. The van der Waals surface area contributed by atoms with E-state index in [-0.39, 0.29) is 5.91 Å². The molecule has 0 saturated carbocycles. The van der Waals surface area contributed by atoms with Crippen molar-refractivity contribution in [3.8, 4) is 0 Å². The van der Waals surface area contributed by atoms with E-state index < -0.39 is 5.66 Å². The molecule has 0 atom stereocenters. The van der Waals surface area contributed by atoms with E-state index in [2.05, 4.69) is 10.2 Å². The van der Waals surface area contributed by atoms with Crippen LogP contribution in [0.25, 0.3) is 0 Å². The molecule has 0 aromatic heterocycles. The van der Waals surface area contributed by atoms with E-state index in [4.69, 9.17) is 11.6 Å². The van der Waals surface area contributed by atoms with Crippen molar-refractivity contribution in [2.24, 2.45) is 0 Å². The Labute approximate surface area is 129 Å². The summed E-state index contributed by atoms with van der Waals surface area (Å²) in [5, 5.41) is 3.78. The predicted molar refractivity (Wildman–Crippen MR) is 85.6 cm³/mol. The highest BCUT2D eigenvalue weighted by Gasteiger charge is 2.36. The number of nitrogens with zero attached hydrogens (tertiary/aromatic N) is 1. The molecule has 1 heterocycles. The van der Waals surface area contributed by atoms with Crippen LogP contribution >= 0.6 is 11.6 Å². The minimum Gasteiger partial charge on any atom is -0.344 e. The van der Waals surface area contributed by atoms with Crippen molar-refractivity contribution in [2.45, 2.75) is 26.1 Å². The van der Waals surface area contributed by atoms with Gasteiger partial charge in [-0.25, -0.2) is 0 Å². The lowest BCUT2D eigenvalue weighted by Gasteiger charge is -2.45. The SMILES string of the molecule is CC1(C)NC(=O)c2ccccc2N1Cc1ccccc1Cl. The number of halogens is 1. The van der Waals surface area contributed by atoms with E-state index >= 15 is 0 Å². The molecule has 1 amide bonds. The Morgan fingerprint density at radius 2 is 1.76 bits per heavy atom. The number of benzene rings is 2. The van der Waals surface area contributed by atoms with Gasteiger partial charge in [0.05, 0.1) is 11.3 Å². The van der Waals surface area contributed by atoms with Gasteiger partial charge in [0.2, 0.25) is 0 Å². The predicted octanol–water partition coefficient (Wildman–Crippen LogP) is 3.83. The van der Waals surface area contributed by atoms with E-state index in [1.54, 1.807) is 0 Å². The summed E-state index contributed by atoms with van der Waals surface area (Å²) in [5.74, 6) is -0.0361. The minimum absolute atomic E-state index is 0.0361. The van der Waals surface area contributed by atoms with E-state index in [1.807, 2.05) is 62.4 Å². The molecule has 3 nitrogen and oxygen atoms in total. The van der Waals surface area contributed by atoms with Crippen LogP contribution in [0, 0.1) is 0 Å². The molecule has 1 aliphatic rings. The average Bonchev–Trinajstić information content (AvgIpc) is 2.45. The summed E-state index contributed by atoms with van der Waals surface area (Å²) in [4.78, 5) is 14.4. The molecule has 108 valence electrons. The zero-order valence-electron chi connectivity index (χ0n) is 12.1. The van der Waals surface area contributed by atoms with Gasteiger partial charge in [-0.3, -0.25) is 4.79 Å². The van der Waals surface area contributed by atoms with Gasteiger partial charge in [0.15, 0.2) is 0 Å². The van der Waals surface area contributed by atoms with Crippen molar-refractivity contribution in [3.05, 3.63) is 64.7 Å². The topological polar surface area (TPSA) is 32.3 Å². The zero-order valence-corrected chi connectivity index (χ0v) is 12.8. The van der Waals surface area contributed by atoms with Gasteiger partial charge in [0.1, 0.15) is 5.66 Å². The third-order valence-electron chi connectivity index (χ3n) is 3.82. The summed E-state index contributed by atoms with van der Waals surface area (Å²) in [6, 6.07) is 15.4. The maximum Gasteiger partial charge on any atom is 0.255 e. The molecule has 0 saturated heterocycles. The van der Waals surface area contributed by atoms with E-state index in [0.717, 1.165) is 16.3 Å². The molecule has 0 unspecified atom stereocenters. The van der Waals surface area contributed by atoms with Crippen LogP contribution in [-0.2, 0) is 6.54 Å². The van der Waals surface area contributed by atoms with Crippen molar-refractivity contribution in [1.82, 2.24) is 5.32 Å². The summed E-state index contributed by atoms with van der Waals surface area (Å²) in [7, 11) is 0. The Balaban J connectivity index is 2.05. The Morgan fingerprint density at radius 3 is 2.52 bits per heavy atom. The molecule has 1 aliphatic heterocycles. The number of fused-ring (bicyclic) bond motifs is 1. The number of carbonyl (C=O) groups excluding carboxylic acids is 1. The maximum atomic E-state index is 12.2. The first-order valence-electron chi connectivity index (χ1n) is 6.91. The molecule has 4 heteroatoms. The Hall–Kier alpha value is -2.00. The number of hydrogen-bond acceptors (Lipinski definition) is 2.